The molecule has 1 aromatic rings. The molecule has 0 atom stereocenters. The molecule has 5 heteroatoms. The lowest BCUT2D eigenvalue weighted by molar-refractivity contribution is -0.137. The fourth-order valence-electron chi connectivity index (χ4n) is 1.49. The molecule has 1 heterocycles. The highest BCUT2D eigenvalue weighted by atomic mass is 19.4. The van der Waals surface area contributed by atoms with Crippen LogP contribution in [0, 0.1) is 6.92 Å². The summed E-state index contributed by atoms with van der Waals surface area (Å²) in [5.74, 6) is 0.296. The maximum Gasteiger partial charge on any atom is 0.390 e. The van der Waals surface area contributed by atoms with Crippen molar-refractivity contribution in [1.29, 1.82) is 0 Å². The van der Waals surface area contributed by atoms with Gasteiger partial charge in [-0.25, -0.2) is 0 Å². The molecule has 0 N–H and O–H groups in total. The van der Waals surface area contributed by atoms with E-state index in [-0.39, 0.29) is 6.54 Å². The Kier molecular flexibility index (Phi) is 3.42. The molecular weight excluding hydrogens is 205 g/mol. The molecule has 0 bridgehead atoms. The molecule has 0 unspecified atom stereocenters. The lowest BCUT2D eigenvalue weighted by Gasteiger charge is -2.09. The van der Waals surface area contributed by atoms with E-state index in [2.05, 4.69) is 5.10 Å². The number of hydrogen-bond acceptors (Lipinski definition) is 1. The van der Waals surface area contributed by atoms with E-state index in [1.54, 1.807) is 13.1 Å². The Morgan fingerprint density at radius 2 is 2.00 bits per heavy atom. The highest BCUT2D eigenvalue weighted by Crippen LogP contribution is 2.22. The first-order valence-electron chi connectivity index (χ1n) is 4.90. The molecule has 0 fully saturated rings. The molecule has 0 aliphatic carbocycles. The second-order valence-corrected chi connectivity index (χ2v) is 3.93. The van der Waals surface area contributed by atoms with E-state index in [1.807, 2.05) is 13.8 Å². The molecule has 0 saturated carbocycles. The van der Waals surface area contributed by atoms with Gasteiger partial charge >= 0.3 is 6.18 Å². The van der Waals surface area contributed by atoms with E-state index in [1.165, 1.54) is 4.68 Å². The van der Waals surface area contributed by atoms with E-state index in [9.17, 15) is 13.2 Å². The van der Waals surface area contributed by atoms with Crippen molar-refractivity contribution in [2.75, 3.05) is 0 Å². The number of hydrogen-bond donors (Lipinski definition) is 0. The standard InChI is InChI=1S/C10H15F3N2/c1-7(2)9-6-14-15(8(9)3)5-4-10(11,12)13/h6-7H,4-5H2,1-3H3. The van der Waals surface area contributed by atoms with Crippen LogP contribution in [-0.2, 0) is 6.54 Å². The first-order valence-corrected chi connectivity index (χ1v) is 4.90. The van der Waals surface area contributed by atoms with Gasteiger partial charge in [-0.15, -0.1) is 0 Å². The van der Waals surface area contributed by atoms with Crippen molar-refractivity contribution >= 4 is 0 Å². The highest BCUT2D eigenvalue weighted by Gasteiger charge is 2.27. The minimum Gasteiger partial charge on any atom is -0.269 e. The van der Waals surface area contributed by atoms with Crippen LogP contribution in [0.1, 0.15) is 37.4 Å². The van der Waals surface area contributed by atoms with Gasteiger partial charge in [-0.05, 0) is 18.4 Å². The SMILES string of the molecule is Cc1c(C(C)C)cnn1CCC(F)(F)F. The highest BCUT2D eigenvalue weighted by molar-refractivity contribution is 5.19. The molecule has 0 aliphatic rings. The van der Waals surface area contributed by atoms with Crippen LogP contribution in [0.15, 0.2) is 6.20 Å². The predicted molar refractivity (Wildman–Crippen MR) is 51.7 cm³/mol. The topological polar surface area (TPSA) is 17.8 Å². The molecule has 0 amide bonds. The normalized spacial score (nSPS) is 12.5. The zero-order valence-corrected chi connectivity index (χ0v) is 9.10. The van der Waals surface area contributed by atoms with Gasteiger partial charge in [0, 0.05) is 12.2 Å². The van der Waals surface area contributed by atoms with Gasteiger partial charge in [0.1, 0.15) is 0 Å². The van der Waals surface area contributed by atoms with E-state index in [4.69, 9.17) is 0 Å². The summed E-state index contributed by atoms with van der Waals surface area (Å²) in [6.45, 7) is 5.71. The molecular formula is C10H15F3N2. The fraction of sp³-hybridized carbons (Fsp3) is 0.700. The molecule has 86 valence electrons. The predicted octanol–water partition coefficient (Wildman–Crippen LogP) is 3.27. The van der Waals surface area contributed by atoms with Gasteiger partial charge in [-0.1, -0.05) is 13.8 Å². The maximum absolute atomic E-state index is 12.0. The molecule has 1 aromatic heterocycles. The van der Waals surface area contributed by atoms with Crippen LogP contribution in [0.25, 0.3) is 0 Å². The average molecular weight is 220 g/mol. The van der Waals surface area contributed by atoms with Gasteiger partial charge in [0.2, 0.25) is 0 Å². The zero-order chi connectivity index (χ0) is 11.6. The van der Waals surface area contributed by atoms with Crippen molar-refractivity contribution in [3.8, 4) is 0 Å². The molecule has 1 rings (SSSR count). The zero-order valence-electron chi connectivity index (χ0n) is 9.10. The Hall–Kier alpha value is -1.00. The molecule has 2 nitrogen and oxygen atoms in total. The molecule has 0 spiro atoms. The van der Waals surface area contributed by atoms with Crippen molar-refractivity contribution in [1.82, 2.24) is 9.78 Å². The van der Waals surface area contributed by atoms with E-state index in [0.29, 0.717) is 5.92 Å². The summed E-state index contributed by atoms with van der Waals surface area (Å²) in [6.07, 6.45) is -3.29. The Balaban J connectivity index is 2.71. The minimum absolute atomic E-state index is 0.0952. The summed E-state index contributed by atoms with van der Waals surface area (Å²) in [7, 11) is 0. The van der Waals surface area contributed by atoms with Crippen molar-refractivity contribution in [2.24, 2.45) is 0 Å². The maximum atomic E-state index is 12.0. The smallest absolute Gasteiger partial charge is 0.269 e. The average Bonchev–Trinajstić information content (AvgIpc) is 2.42. The van der Waals surface area contributed by atoms with E-state index < -0.39 is 12.6 Å². The first kappa shape index (κ1) is 12.1. The van der Waals surface area contributed by atoms with Crippen molar-refractivity contribution in [3.63, 3.8) is 0 Å². The van der Waals surface area contributed by atoms with Crippen LogP contribution in [0.5, 0.6) is 0 Å². The van der Waals surface area contributed by atoms with Crippen LogP contribution < -0.4 is 0 Å². The van der Waals surface area contributed by atoms with Crippen LogP contribution in [0.4, 0.5) is 13.2 Å². The summed E-state index contributed by atoms with van der Waals surface area (Å²) < 4.78 is 37.4. The van der Waals surface area contributed by atoms with Crippen LogP contribution >= 0.6 is 0 Å². The molecule has 0 aliphatic heterocycles. The van der Waals surface area contributed by atoms with Gasteiger partial charge in [-0.2, -0.15) is 18.3 Å². The minimum atomic E-state index is -4.11. The van der Waals surface area contributed by atoms with Gasteiger partial charge in [-0.3, -0.25) is 4.68 Å². The lowest BCUT2D eigenvalue weighted by Crippen LogP contribution is -2.14. The van der Waals surface area contributed by atoms with Crippen LogP contribution in [-0.4, -0.2) is 16.0 Å². The third-order valence-electron chi connectivity index (χ3n) is 2.37. The molecule has 15 heavy (non-hydrogen) atoms. The number of alkyl halides is 3. The van der Waals surface area contributed by atoms with Crippen molar-refractivity contribution in [2.45, 2.75) is 45.8 Å². The Morgan fingerprint density at radius 1 is 1.40 bits per heavy atom. The number of rotatable bonds is 3. The third kappa shape index (κ3) is 3.25. The fourth-order valence-corrected chi connectivity index (χ4v) is 1.49. The Labute approximate surface area is 87.1 Å². The Bertz CT molecular complexity index is 326. The van der Waals surface area contributed by atoms with Gasteiger partial charge in [0.25, 0.3) is 0 Å². The van der Waals surface area contributed by atoms with Gasteiger partial charge in [0.15, 0.2) is 0 Å². The summed E-state index contributed by atoms with van der Waals surface area (Å²) in [5, 5.41) is 3.96. The summed E-state index contributed by atoms with van der Waals surface area (Å²) in [6, 6.07) is 0. The third-order valence-corrected chi connectivity index (χ3v) is 2.37. The van der Waals surface area contributed by atoms with Crippen molar-refractivity contribution < 1.29 is 13.2 Å². The molecule has 0 saturated heterocycles. The van der Waals surface area contributed by atoms with Gasteiger partial charge < -0.3 is 0 Å². The summed E-state index contributed by atoms with van der Waals surface area (Å²) in [4.78, 5) is 0. The first-order chi connectivity index (χ1) is 6.81. The van der Waals surface area contributed by atoms with Gasteiger partial charge in [0.05, 0.1) is 12.6 Å². The van der Waals surface area contributed by atoms with Crippen molar-refractivity contribution in [3.05, 3.63) is 17.5 Å². The van der Waals surface area contributed by atoms with E-state index >= 15 is 0 Å². The largest absolute Gasteiger partial charge is 0.390 e. The monoisotopic (exact) mass is 220 g/mol. The van der Waals surface area contributed by atoms with E-state index in [0.717, 1.165) is 11.3 Å². The molecule has 0 aromatic carbocycles. The number of aromatic nitrogens is 2. The van der Waals surface area contributed by atoms with Crippen LogP contribution in [0.2, 0.25) is 0 Å². The second-order valence-electron chi connectivity index (χ2n) is 3.93. The summed E-state index contributed by atoms with van der Waals surface area (Å²) >= 11 is 0. The summed E-state index contributed by atoms with van der Waals surface area (Å²) in [5.41, 5.74) is 1.84. The quantitative estimate of drug-likeness (QED) is 0.764. The lowest BCUT2D eigenvalue weighted by atomic mass is 10.1. The Morgan fingerprint density at radius 3 is 2.40 bits per heavy atom. The number of aryl methyl sites for hydroxylation is 1. The second kappa shape index (κ2) is 4.24. The number of halogens is 3. The molecule has 0 radical (unpaired) electrons. The number of nitrogens with zero attached hydrogens (tertiary/aromatic N) is 2. The van der Waals surface area contributed by atoms with Crippen LogP contribution in [0.3, 0.4) is 0 Å².